The summed E-state index contributed by atoms with van der Waals surface area (Å²) >= 11 is 3.57. The van der Waals surface area contributed by atoms with E-state index in [1.54, 1.807) is 12.7 Å². The van der Waals surface area contributed by atoms with Gasteiger partial charge >= 0.3 is 0 Å². The molecule has 0 N–H and O–H groups in total. The molecule has 2 heterocycles. The van der Waals surface area contributed by atoms with E-state index in [2.05, 4.69) is 63.0 Å². The number of rotatable bonds is 3. The fraction of sp³-hybridized carbons (Fsp3) is 0.429. The highest BCUT2D eigenvalue weighted by Gasteiger charge is 2.34. The van der Waals surface area contributed by atoms with Gasteiger partial charge in [-0.15, -0.1) is 0 Å². The van der Waals surface area contributed by atoms with E-state index in [0.29, 0.717) is 0 Å². The first-order valence-corrected chi connectivity index (χ1v) is 7.23. The van der Waals surface area contributed by atoms with Gasteiger partial charge in [0.15, 0.2) is 0 Å². The van der Waals surface area contributed by atoms with Crippen molar-refractivity contribution in [3.8, 4) is 0 Å². The highest BCUT2D eigenvalue weighted by Crippen LogP contribution is 2.41. The number of fused-ring (bicyclic) bond motifs is 1. The van der Waals surface area contributed by atoms with Crippen LogP contribution in [-0.2, 0) is 12.0 Å². The number of aromatic nitrogens is 3. The molecule has 0 saturated carbocycles. The molecule has 0 atom stereocenters. The fourth-order valence-electron chi connectivity index (χ4n) is 2.74. The third-order valence-electron chi connectivity index (χ3n) is 3.68. The van der Waals surface area contributed by atoms with Crippen LogP contribution in [0.25, 0.3) is 0 Å². The number of hydrogen-bond donors (Lipinski definition) is 0. The molecule has 0 spiro atoms. The molecule has 2 aromatic rings. The van der Waals surface area contributed by atoms with Crippen molar-refractivity contribution in [3.05, 3.63) is 40.9 Å². The Morgan fingerprint density at radius 2 is 2.16 bits per heavy atom. The van der Waals surface area contributed by atoms with Crippen LogP contribution in [0.5, 0.6) is 0 Å². The van der Waals surface area contributed by atoms with Crippen LogP contribution < -0.4 is 4.90 Å². The van der Waals surface area contributed by atoms with Gasteiger partial charge in [-0.25, -0.2) is 4.98 Å². The zero-order valence-corrected chi connectivity index (χ0v) is 12.8. The molecular formula is C14H17BrN4. The summed E-state index contributed by atoms with van der Waals surface area (Å²) in [5.74, 6) is 0. The summed E-state index contributed by atoms with van der Waals surface area (Å²) in [7, 11) is 0. The minimum Gasteiger partial charge on any atom is -0.369 e. The van der Waals surface area contributed by atoms with Crippen molar-refractivity contribution in [3.63, 3.8) is 0 Å². The Balaban J connectivity index is 1.82. The summed E-state index contributed by atoms with van der Waals surface area (Å²) in [5, 5.41) is 4.16. The summed E-state index contributed by atoms with van der Waals surface area (Å²) in [6.07, 6.45) is 3.35. The van der Waals surface area contributed by atoms with Gasteiger partial charge in [-0.1, -0.05) is 29.8 Å². The summed E-state index contributed by atoms with van der Waals surface area (Å²) < 4.78 is 3.03. The van der Waals surface area contributed by atoms with Crippen molar-refractivity contribution < 1.29 is 0 Å². The van der Waals surface area contributed by atoms with E-state index in [1.165, 1.54) is 11.3 Å². The van der Waals surface area contributed by atoms with Crippen molar-refractivity contribution in [1.82, 2.24) is 14.8 Å². The molecule has 0 unspecified atom stereocenters. The lowest BCUT2D eigenvalue weighted by Crippen LogP contribution is -2.31. The summed E-state index contributed by atoms with van der Waals surface area (Å²) in [5.41, 5.74) is 2.95. The van der Waals surface area contributed by atoms with Crippen LogP contribution in [0.15, 0.2) is 35.3 Å². The molecule has 1 aromatic heterocycles. The maximum atomic E-state index is 4.16. The van der Waals surface area contributed by atoms with Crippen molar-refractivity contribution >= 4 is 21.6 Å². The fourth-order valence-corrected chi connectivity index (χ4v) is 3.11. The molecule has 4 nitrogen and oxygen atoms in total. The highest BCUT2D eigenvalue weighted by molar-refractivity contribution is 9.10. The first-order chi connectivity index (χ1) is 9.06. The van der Waals surface area contributed by atoms with Crippen LogP contribution in [0.4, 0.5) is 5.69 Å². The van der Waals surface area contributed by atoms with Gasteiger partial charge in [0.2, 0.25) is 0 Å². The average molecular weight is 321 g/mol. The monoisotopic (exact) mass is 320 g/mol. The van der Waals surface area contributed by atoms with E-state index in [9.17, 15) is 0 Å². The molecular weight excluding hydrogens is 304 g/mol. The van der Waals surface area contributed by atoms with E-state index in [1.807, 2.05) is 4.68 Å². The number of benzene rings is 1. The standard InChI is InChI=1S/C14H17BrN4/c1-14(2)8-18(5-6-19-10-16-9-17-19)13-4-3-11(15)7-12(13)14/h3-4,7,9-10H,5-6,8H2,1-2H3. The van der Waals surface area contributed by atoms with Gasteiger partial charge in [-0.2, -0.15) is 5.10 Å². The van der Waals surface area contributed by atoms with Gasteiger partial charge in [0.05, 0.1) is 6.54 Å². The van der Waals surface area contributed by atoms with Gasteiger partial charge < -0.3 is 4.90 Å². The van der Waals surface area contributed by atoms with Crippen LogP contribution in [0.1, 0.15) is 19.4 Å². The largest absolute Gasteiger partial charge is 0.369 e. The quantitative estimate of drug-likeness (QED) is 0.872. The van der Waals surface area contributed by atoms with Gasteiger partial charge in [-0.05, 0) is 23.8 Å². The Morgan fingerprint density at radius 3 is 2.89 bits per heavy atom. The van der Waals surface area contributed by atoms with Gasteiger partial charge in [0, 0.05) is 28.7 Å². The first kappa shape index (κ1) is 12.7. The third-order valence-corrected chi connectivity index (χ3v) is 4.17. The van der Waals surface area contributed by atoms with E-state index in [4.69, 9.17) is 0 Å². The zero-order valence-electron chi connectivity index (χ0n) is 11.2. The lowest BCUT2D eigenvalue weighted by Gasteiger charge is -2.22. The first-order valence-electron chi connectivity index (χ1n) is 6.44. The topological polar surface area (TPSA) is 34.0 Å². The molecule has 0 aliphatic carbocycles. The Labute approximate surface area is 121 Å². The van der Waals surface area contributed by atoms with Crippen LogP contribution in [0.2, 0.25) is 0 Å². The lowest BCUT2D eigenvalue weighted by atomic mass is 9.87. The number of hydrogen-bond acceptors (Lipinski definition) is 3. The number of halogens is 1. The van der Waals surface area contributed by atoms with Crippen molar-refractivity contribution in [2.45, 2.75) is 25.8 Å². The van der Waals surface area contributed by atoms with E-state index in [-0.39, 0.29) is 5.41 Å². The van der Waals surface area contributed by atoms with Crippen molar-refractivity contribution in [1.29, 1.82) is 0 Å². The minimum absolute atomic E-state index is 0.196. The van der Waals surface area contributed by atoms with E-state index < -0.39 is 0 Å². The van der Waals surface area contributed by atoms with Crippen molar-refractivity contribution in [2.24, 2.45) is 0 Å². The number of anilines is 1. The Kier molecular flexibility index (Phi) is 3.09. The van der Waals surface area contributed by atoms with E-state index >= 15 is 0 Å². The van der Waals surface area contributed by atoms with Gasteiger partial charge in [-0.3, -0.25) is 4.68 Å². The molecule has 0 amide bonds. The number of nitrogens with zero attached hydrogens (tertiary/aromatic N) is 4. The highest BCUT2D eigenvalue weighted by atomic mass is 79.9. The predicted octanol–water partition coefficient (Wildman–Crippen LogP) is 2.84. The predicted molar refractivity (Wildman–Crippen MR) is 79.4 cm³/mol. The molecule has 1 aromatic carbocycles. The second kappa shape index (κ2) is 4.63. The molecule has 19 heavy (non-hydrogen) atoms. The average Bonchev–Trinajstić information content (AvgIpc) is 2.94. The molecule has 0 saturated heterocycles. The van der Waals surface area contributed by atoms with Crippen LogP contribution in [0, 0.1) is 0 Å². The minimum atomic E-state index is 0.196. The third kappa shape index (κ3) is 2.39. The molecule has 3 rings (SSSR count). The molecule has 1 aliphatic heterocycles. The maximum absolute atomic E-state index is 4.16. The Morgan fingerprint density at radius 1 is 1.32 bits per heavy atom. The van der Waals surface area contributed by atoms with Gasteiger partial charge in [0.1, 0.15) is 12.7 Å². The van der Waals surface area contributed by atoms with Crippen LogP contribution >= 0.6 is 15.9 Å². The maximum Gasteiger partial charge on any atom is 0.137 e. The van der Waals surface area contributed by atoms with Crippen LogP contribution in [0.3, 0.4) is 0 Å². The molecule has 0 fully saturated rings. The molecule has 5 heteroatoms. The summed E-state index contributed by atoms with van der Waals surface area (Å²) in [6, 6.07) is 6.56. The normalized spacial score (nSPS) is 16.7. The summed E-state index contributed by atoms with van der Waals surface area (Å²) in [6.45, 7) is 7.47. The Bertz CT molecular complexity index is 577. The molecule has 0 radical (unpaired) electrons. The van der Waals surface area contributed by atoms with Gasteiger partial charge in [0.25, 0.3) is 0 Å². The lowest BCUT2D eigenvalue weighted by molar-refractivity contribution is 0.528. The van der Waals surface area contributed by atoms with Crippen LogP contribution in [-0.4, -0.2) is 27.9 Å². The Hall–Kier alpha value is -1.36. The smallest absolute Gasteiger partial charge is 0.137 e. The van der Waals surface area contributed by atoms with E-state index in [0.717, 1.165) is 24.1 Å². The zero-order chi connectivity index (χ0) is 13.5. The van der Waals surface area contributed by atoms with Crippen molar-refractivity contribution in [2.75, 3.05) is 18.0 Å². The second-order valence-electron chi connectivity index (χ2n) is 5.63. The molecule has 100 valence electrons. The molecule has 0 bridgehead atoms. The SMILES string of the molecule is CC1(C)CN(CCn2cncn2)c2ccc(Br)cc21. The summed E-state index contributed by atoms with van der Waals surface area (Å²) in [4.78, 5) is 6.41. The second-order valence-corrected chi connectivity index (χ2v) is 6.54. The molecule has 1 aliphatic rings.